The second kappa shape index (κ2) is 13.1. The minimum absolute atomic E-state index is 0.156. The van der Waals surface area contributed by atoms with E-state index in [4.69, 9.17) is 25.2 Å². The Kier molecular flexibility index (Phi) is 13.6. The molecule has 0 rings (SSSR count). The zero-order valence-electron chi connectivity index (χ0n) is 14.7. The van der Waals surface area contributed by atoms with E-state index in [1.54, 1.807) is 24.3 Å². The minimum atomic E-state index is -1.24. The Hall–Kier alpha value is -1.37. The van der Waals surface area contributed by atoms with Gasteiger partial charge >= 0.3 is 6.16 Å². The molecule has 6 nitrogen and oxygen atoms in total. The summed E-state index contributed by atoms with van der Waals surface area (Å²) in [7, 11) is 0. The van der Waals surface area contributed by atoms with Gasteiger partial charge in [0.15, 0.2) is 5.60 Å². The first-order valence-corrected chi connectivity index (χ1v) is 7.87. The molecule has 6 heteroatoms. The fraction of sp³-hybridized carbons (Fsp3) is 0.706. The predicted octanol–water partition coefficient (Wildman–Crippen LogP) is 2.73. The molecule has 0 aliphatic carbocycles. The molecule has 0 radical (unpaired) electrons. The molecule has 0 saturated heterocycles. The summed E-state index contributed by atoms with van der Waals surface area (Å²) in [6.45, 7) is 7.04. The number of rotatable bonds is 9. The van der Waals surface area contributed by atoms with Gasteiger partial charge in [0.1, 0.15) is 0 Å². The van der Waals surface area contributed by atoms with Gasteiger partial charge in [-0.3, -0.25) is 0 Å². The van der Waals surface area contributed by atoms with Gasteiger partial charge in [0.25, 0.3) is 0 Å². The third kappa shape index (κ3) is 9.38. The Balaban J connectivity index is 0. The summed E-state index contributed by atoms with van der Waals surface area (Å²) in [5, 5.41) is 34.6. The molecule has 0 aliphatic heterocycles. The van der Waals surface area contributed by atoms with Crippen LogP contribution in [0.2, 0.25) is 0 Å². The van der Waals surface area contributed by atoms with Crippen molar-refractivity contribution in [3.63, 3.8) is 0 Å². The highest BCUT2D eigenvalue weighted by Gasteiger charge is 2.27. The quantitative estimate of drug-likeness (QED) is 0.382. The van der Waals surface area contributed by atoms with Gasteiger partial charge in [-0.25, -0.2) is 4.79 Å². The monoisotopic (exact) mass is 332 g/mol. The Morgan fingerprint density at radius 3 is 1.61 bits per heavy atom. The van der Waals surface area contributed by atoms with Gasteiger partial charge in [0, 0.05) is 5.41 Å². The average Bonchev–Trinajstić information content (AvgIpc) is 2.51. The van der Waals surface area contributed by atoms with Crippen molar-refractivity contribution in [1.29, 1.82) is 0 Å². The summed E-state index contributed by atoms with van der Waals surface area (Å²) in [4.78, 5) is 10.5. The molecule has 23 heavy (non-hydrogen) atoms. The molecule has 136 valence electrons. The third-order valence-corrected chi connectivity index (χ3v) is 3.57. The molecular weight excluding hydrogens is 300 g/mol. The lowest BCUT2D eigenvalue weighted by Gasteiger charge is -2.25. The van der Waals surface area contributed by atoms with E-state index in [-0.39, 0.29) is 19.8 Å². The largest absolute Gasteiger partial charge is 0.506 e. The highest BCUT2D eigenvalue weighted by molar-refractivity contribution is 5.58. The molecule has 0 aromatic carbocycles. The summed E-state index contributed by atoms with van der Waals surface area (Å²) in [5.41, 5.74) is -1.45. The number of hydrogen-bond acceptors (Lipinski definition) is 5. The second-order valence-corrected chi connectivity index (χ2v) is 5.40. The maximum absolute atomic E-state index is 10.5. The molecular formula is C17H32O6. The number of hydrogen-bond donors (Lipinski definition) is 4. The number of aliphatic hydroxyl groups excluding tert-OH is 3. The zero-order valence-corrected chi connectivity index (χ0v) is 14.7. The fourth-order valence-electron chi connectivity index (χ4n) is 1.94. The predicted molar refractivity (Wildman–Crippen MR) is 90.4 cm³/mol. The van der Waals surface area contributed by atoms with Crippen molar-refractivity contribution >= 4 is 6.16 Å². The molecule has 0 fully saturated rings. The van der Waals surface area contributed by atoms with Crippen LogP contribution in [-0.2, 0) is 4.74 Å². The van der Waals surface area contributed by atoms with E-state index in [0.717, 1.165) is 6.42 Å². The summed E-state index contributed by atoms with van der Waals surface area (Å²) in [6, 6.07) is 0. The molecule has 0 aromatic heterocycles. The lowest BCUT2D eigenvalue weighted by molar-refractivity contribution is 0.00303. The van der Waals surface area contributed by atoms with E-state index >= 15 is 0 Å². The van der Waals surface area contributed by atoms with E-state index in [9.17, 15) is 4.79 Å². The van der Waals surface area contributed by atoms with Crippen molar-refractivity contribution in [2.45, 2.75) is 52.6 Å². The standard InChI is InChI=1S/C11H18O3.C6H14O3/c1-4-7-11(8-5-2,9-6-3)14-10(12)13;1-2-6(3-7,4-8)5-9/h4-5,7-8H,6,9H2,1-3H3,(H,12,13);7-9H,2-5H2,1H3/b7-4-,8-5-;. The molecule has 0 unspecified atom stereocenters. The molecule has 0 spiro atoms. The van der Waals surface area contributed by atoms with Crippen LogP contribution in [0.4, 0.5) is 4.79 Å². The highest BCUT2D eigenvalue weighted by atomic mass is 16.7. The van der Waals surface area contributed by atoms with Gasteiger partial charge in [-0.05, 0) is 38.8 Å². The number of ether oxygens (including phenoxy) is 1. The SMILES string of the molecule is C/C=C\C(/C=C\C)(CCC)OC(=O)O.CCC(CO)(CO)CO. The van der Waals surface area contributed by atoms with Crippen molar-refractivity contribution in [2.24, 2.45) is 5.41 Å². The highest BCUT2D eigenvalue weighted by Crippen LogP contribution is 2.22. The molecule has 0 atom stereocenters. The number of aliphatic hydroxyl groups is 3. The maximum Gasteiger partial charge on any atom is 0.506 e. The number of carbonyl (C=O) groups is 1. The minimum Gasteiger partial charge on any atom is -0.450 e. The van der Waals surface area contributed by atoms with Crippen LogP contribution in [0.25, 0.3) is 0 Å². The van der Waals surface area contributed by atoms with Gasteiger partial charge < -0.3 is 25.2 Å². The fourth-order valence-corrected chi connectivity index (χ4v) is 1.94. The Labute approximate surface area is 139 Å². The van der Waals surface area contributed by atoms with E-state index in [1.807, 2.05) is 27.7 Å². The van der Waals surface area contributed by atoms with Crippen LogP contribution in [0.3, 0.4) is 0 Å². The zero-order chi connectivity index (χ0) is 18.4. The number of allylic oxidation sites excluding steroid dienone is 2. The molecule has 4 N–H and O–H groups in total. The van der Waals surface area contributed by atoms with Crippen LogP contribution in [0.15, 0.2) is 24.3 Å². The lowest BCUT2D eigenvalue weighted by Crippen LogP contribution is -2.32. The van der Waals surface area contributed by atoms with Crippen molar-refractivity contribution in [2.75, 3.05) is 19.8 Å². The van der Waals surface area contributed by atoms with Crippen LogP contribution in [0.5, 0.6) is 0 Å². The van der Waals surface area contributed by atoms with Crippen molar-refractivity contribution in [3.8, 4) is 0 Å². The van der Waals surface area contributed by atoms with Crippen molar-refractivity contribution in [3.05, 3.63) is 24.3 Å². The maximum atomic E-state index is 10.5. The van der Waals surface area contributed by atoms with Gasteiger partial charge in [-0.2, -0.15) is 0 Å². The third-order valence-electron chi connectivity index (χ3n) is 3.57. The second-order valence-electron chi connectivity index (χ2n) is 5.40. The molecule has 0 heterocycles. The van der Waals surface area contributed by atoms with E-state index in [1.165, 1.54) is 0 Å². The van der Waals surface area contributed by atoms with Gasteiger partial charge in [0.2, 0.25) is 0 Å². The van der Waals surface area contributed by atoms with Crippen LogP contribution in [0, 0.1) is 5.41 Å². The summed E-state index contributed by atoms with van der Waals surface area (Å²) in [5.74, 6) is 0. The molecule has 0 aliphatic rings. The summed E-state index contributed by atoms with van der Waals surface area (Å²) in [6.07, 6.45) is 8.02. The van der Waals surface area contributed by atoms with Crippen LogP contribution in [0.1, 0.15) is 47.0 Å². The molecule has 0 amide bonds. The normalized spacial score (nSPS) is 12.3. The number of carboxylic acid groups (broad SMARTS) is 1. The van der Waals surface area contributed by atoms with Crippen LogP contribution in [-0.4, -0.2) is 52.0 Å². The van der Waals surface area contributed by atoms with Crippen molar-refractivity contribution < 1.29 is 30.0 Å². The molecule has 0 aromatic rings. The van der Waals surface area contributed by atoms with Gasteiger partial charge in [-0.1, -0.05) is 32.4 Å². The molecule has 0 saturated carbocycles. The van der Waals surface area contributed by atoms with Crippen LogP contribution < -0.4 is 0 Å². The first-order valence-electron chi connectivity index (χ1n) is 7.87. The lowest BCUT2D eigenvalue weighted by atomic mass is 9.88. The van der Waals surface area contributed by atoms with Crippen LogP contribution >= 0.6 is 0 Å². The first-order chi connectivity index (χ1) is 10.8. The topological polar surface area (TPSA) is 107 Å². The summed E-state index contributed by atoms with van der Waals surface area (Å²) < 4.78 is 4.90. The Bertz CT molecular complexity index is 329. The van der Waals surface area contributed by atoms with Crippen molar-refractivity contribution in [1.82, 2.24) is 0 Å². The van der Waals surface area contributed by atoms with E-state index in [0.29, 0.717) is 12.8 Å². The molecule has 0 bridgehead atoms. The smallest absolute Gasteiger partial charge is 0.450 e. The van der Waals surface area contributed by atoms with E-state index in [2.05, 4.69) is 0 Å². The Morgan fingerprint density at radius 2 is 1.43 bits per heavy atom. The van der Waals surface area contributed by atoms with Gasteiger partial charge in [0.05, 0.1) is 19.8 Å². The Morgan fingerprint density at radius 1 is 1.00 bits per heavy atom. The summed E-state index contributed by atoms with van der Waals surface area (Å²) >= 11 is 0. The van der Waals surface area contributed by atoms with E-state index < -0.39 is 17.2 Å². The average molecular weight is 332 g/mol. The van der Waals surface area contributed by atoms with Gasteiger partial charge in [-0.15, -0.1) is 0 Å². The first kappa shape index (κ1) is 23.9.